The first-order chi connectivity index (χ1) is 35.5. The molecule has 28 heteroatoms. The summed E-state index contributed by atoms with van der Waals surface area (Å²) >= 11 is 0. The maximum Gasteiger partial charge on any atom is 0.246 e. The van der Waals surface area contributed by atoms with Crippen molar-refractivity contribution < 1.29 is 28.8 Å². The minimum atomic E-state index is -0.856. The van der Waals surface area contributed by atoms with Crippen molar-refractivity contribution in [1.82, 2.24) is 76.6 Å². The van der Waals surface area contributed by atoms with Crippen LogP contribution in [-0.4, -0.2) is 134 Å². The number of hydrogen-bond acceptors (Lipinski definition) is 18. The van der Waals surface area contributed by atoms with E-state index in [1.54, 1.807) is 36.4 Å². The first-order valence-corrected chi connectivity index (χ1v) is 23.8. The number of tetrazole rings is 3. The molecule has 0 aliphatic rings. The van der Waals surface area contributed by atoms with E-state index in [-0.39, 0.29) is 32.0 Å². The van der Waals surface area contributed by atoms with E-state index in [1.165, 1.54) is 33.0 Å². The van der Waals surface area contributed by atoms with Crippen molar-refractivity contribution in [2.45, 2.75) is 101 Å². The van der Waals surface area contributed by atoms with Crippen LogP contribution in [0.3, 0.4) is 0 Å². The molecule has 0 saturated carbocycles. The third-order valence-corrected chi connectivity index (χ3v) is 11.4. The van der Waals surface area contributed by atoms with E-state index in [4.69, 9.17) is 17.2 Å². The number of aromatic nitrogens is 12. The molecule has 74 heavy (non-hydrogen) atoms. The highest BCUT2D eigenvalue weighted by molar-refractivity contribution is 5.98. The van der Waals surface area contributed by atoms with Crippen LogP contribution < -0.4 is 49.1 Å². The van der Waals surface area contributed by atoms with Gasteiger partial charge < -0.3 is 49.1 Å². The molecular formula is C46H62ClN21O6. The van der Waals surface area contributed by atoms with E-state index in [2.05, 4.69) is 78.5 Å². The van der Waals surface area contributed by atoms with E-state index >= 15 is 0 Å². The number of hydrogen-bond donors (Lipinski definition) is 9. The first kappa shape index (κ1) is 56.8. The lowest BCUT2D eigenvalue weighted by Gasteiger charge is -2.22. The zero-order chi connectivity index (χ0) is 51.8. The highest BCUT2D eigenvalue weighted by Gasteiger charge is 2.25. The molecule has 3 atom stereocenters. The molecule has 0 fully saturated rings. The summed E-state index contributed by atoms with van der Waals surface area (Å²) in [5.41, 5.74) is 21.1. The molecule has 6 amide bonds. The molecule has 27 nitrogen and oxygen atoms in total. The molecule has 0 radical (unpaired) electrons. The minimum Gasteiger partial charge on any atom is -0.343 e. The highest BCUT2D eigenvalue weighted by atomic mass is 35.5. The molecule has 0 unspecified atom stereocenters. The molecule has 12 N–H and O–H groups in total. The van der Waals surface area contributed by atoms with Crippen molar-refractivity contribution in [2.75, 3.05) is 35.6 Å². The van der Waals surface area contributed by atoms with Crippen molar-refractivity contribution in [2.24, 2.45) is 17.2 Å². The van der Waals surface area contributed by atoms with Gasteiger partial charge in [0.15, 0.2) is 0 Å². The van der Waals surface area contributed by atoms with Crippen LogP contribution in [0.4, 0.5) is 17.1 Å². The van der Waals surface area contributed by atoms with E-state index in [0.29, 0.717) is 94.5 Å². The topological polar surface area (TPSA) is 383 Å². The Kier molecular flexibility index (Phi) is 23.0. The summed E-state index contributed by atoms with van der Waals surface area (Å²) in [6.07, 6.45) is 8.79. The summed E-state index contributed by atoms with van der Waals surface area (Å²) < 4.78 is 3.76. The third kappa shape index (κ3) is 18.2. The number of nitrogens with one attached hydrogen (secondary N) is 6. The summed E-state index contributed by atoms with van der Waals surface area (Å²) in [6, 6.07) is 19.3. The standard InChI is InChI=1S/C46H61N21O6.ClH/c47-22-4-1-7-37(56-40(68)25-65-28-50-59-62-65)44(71)53-34-16-10-31(11-17-34)43(32-12-18-35(19-13-32)54-45(72)38(8-2-5-23-48)57-41(69)26-66-29-51-60-63-66)33-14-20-36(21-15-33)55-46(73)39(9-3-6-24-49)58-42(70)27-67-30-52-61-64-67;/h10-21,28-30,37-39,43H,1-9,22-27,47-49H2,(H,53,71)(H,54,72)(H,55,73)(H,56,68)(H,57,69)(H,58,70);1H/t37-,38-,39-;/m1./s1. The monoisotopic (exact) mass is 1040 g/mol. The molecule has 0 bridgehead atoms. The lowest BCUT2D eigenvalue weighted by atomic mass is 9.85. The van der Waals surface area contributed by atoms with Gasteiger partial charge in [0.25, 0.3) is 0 Å². The van der Waals surface area contributed by atoms with Gasteiger partial charge in [0.1, 0.15) is 56.7 Å². The number of rotatable bonds is 30. The predicted octanol–water partition coefficient (Wildman–Crippen LogP) is 0.00560. The fraction of sp³-hybridized carbons (Fsp3) is 0.413. The Balaban J connectivity index is 0.0000101. The second-order valence-electron chi connectivity index (χ2n) is 17.0. The molecule has 0 saturated heterocycles. The van der Waals surface area contributed by atoms with Crippen molar-refractivity contribution in [3.63, 3.8) is 0 Å². The van der Waals surface area contributed by atoms with E-state index in [9.17, 15) is 28.8 Å². The Bertz CT molecular complexity index is 2350. The van der Waals surface area contributed by atoms with Crippen LogP contribution >= 0.6 is 12.4 Å². The highest BCUT2D eigenvalue weighted by Crippen LogP contribution is 2.34. The number of nitrogens with two attached hydrogens (primary N) is 3. The Morgan fingerprint density at radius 1 is 0.419 bits per heavy atom. The van der Waals surface area contributed by atoms with Crippen LogP contribution in [0.5, 0.6) is 0 Å². The first-order valence-electron chi connectivity index (χ1n) is 23.8. The summed E-state index contributed by atoms with van der Waals surface area (Å²) in [5, 5.41) is 49.6. The number of carbonyl (C=O) groups is 6. The molecule has 0 spiro atoms. The number of halogens is 1. The maximum atomic E-state index is 13.6. The van der Waals surface area contributed by atoms with Crippen molar-refractivity contribution in [1.29, 1.82) is 0 Å². The zero-order valence-electron chi connectivity index (χ0n) is 40.5. The average molecular weight is 1040 g/mol. The van der Waals surface area contributed by atoms with E-state index in [0.717, 1.165) is 16.7 Å². The summed E-state index contributed by atoms with van der Waals surface area (Å²) in [4.78, 5) is 79.5. The van der Waals surface area contributed by atoms with Gasteiger partial charge in [-0.25, -0.2) is 14.0 Å². The molecule has 0 aliphatic heterocycles. The average Bonchev–Trinajstić information content (AvgIpc) is 4.21. The second-order valence-corrected chi connectivity index (χ2v) is 17.0. The number of carbonyl (C=O) groups excluding carboxylic acids is 6. The Hall–Kier alpha value is -8.14. The van der Waals surface area contributed by atoms with Gasteiger partial charge in [-0.05, 0) is 162 Å². The Morgan fingerprint density at radius 2 is 0.689 bits per heavy atom. The lowest BCUT2D eigenvalue weighted by molar-refractivity contribution is -0.127. The number of anilines is 3. The maximum absolute atomic E-state index is 13.6. The Morgan fingerprint density at radius 3 is 0.919 bits per heavy atom. The van der Waals surface area contributed by atoms with Crippen LogP contribution in [0.15, 0.2) is 91.8 Å². The molecule has 0 aliphatic carbocycles. The van der Waals surface area contributed by atoms with Crippen LogP contribution in [0, 0.1) is 0 Å². The number of unbranched alkanes of at least 4 members (excludes halogenated alkanes) is 3. The van der Waals surface area contributed by atoms with Gasteiger partial charge in [0, 0.05) is 23.0 Å². The van der Waals surface area contributed by atoms with Crippen LogP contribution in [-0.2, 0) is 48.4 Å². The van der Waals surface area contributed by atoms with Gasteiger partial charge in [-0.2, -0.15) is 0 Å². The number of nitrogens with zero attached hydrogens (tertiary/aromatic N) is 12. The fourth-order valence-electron chi connectivity index (χ4n) is 7.75. The smallest absolute Gasteiger partial charge is 0.246 e. The van der Waals surface area contributed by atoms with Gasteiger partial charge in [-0.3, -0.25) is 28.8 Å². The van der Waals surface area contributed by atoms with Crippen molar-refractivity contribution in [3.8, 4) is 0 Å². The molecule has 3 aromatic heterocycles. The summed E-state index contributed by atoms with van der Waals surface area (Å²) in [5.74, 6) is -2.96. The molecule has 394 valence electrons. The SMILES string of the molecule is Cl.NCCCC[C@@H](NC(=O)Cn1cnnn1)C(=O)Nc1ccc(C(c2ccc(NC(=O)[C@@H](CCCCN)NC(=O)Cn3cnnn3)cc2)c2ccc(NC(=O)[C@@H](CCCCN)NC(=O)Cn3cnnn3)cc2)cc1. The van der Waals surface area contributed by atoms with Gasteiger partial charge in [0.2, 0.25) is 35.4 Å². The van der Waals surface area contributed by atoms with Gasteiger partial charge >= 0.3 is 0 Å². The Labute approximate surface area is 431 Å². The van der Waals surface area contributed by atoms with Crippen molar-refractivity contribution >= 4 is 64.9 Å². The fourth-order valence-corrected chi connectivity index (χ4v) is 7.75. The lowest BCUT2D eigenvalue weighted by Crippen LogP contribution is -2.45. The van der Waals surface area contributed by atoms with Crippen LogP contribution in [0.25, 0.3) is 0 Å². The summed E-state index contributed by atoms with van der Waals surface area (Å²) in [6.45, 7) is 0.808. The van der Waals surface area contributed by atoms with Crippen molar-refractivity contribution in [3.05, 3.63) is 108 Å². The second kappa shape index (κ2) is 30.0. The van der Waals surface area contributed by atoms with Gasteiger partial charge in [-0.15, -0.1) is 27.7 Å². The number of amides is 6. The van der Waals surface area contributed by atoms with Crippen LogP contribution in [0.2, 0.25) is 0 Å². The van der Waals surface area contributed by atoms with E-state index < -0.39 is 59.5 Å². The largest absolute Gasteiger partial charge is 0.343 e. The summed E-state index contributed by atoms with van der Waals surface area (Å²) in [7, 11) is 0. The normalized spacial score (nSPS) is 12.2. The molecule has 3 aromatic carbocycles. The van der Waals surface area contributed by atoms with Gasteiger partial charge in [0.05, 0.1) is 0 Å². The molecule has 6 rings (SSSR count). The molecule has 3 heterocycles. The zero-order valence-corrected chi connectivity index (χ0v) is 41.3. The predicted molar refractivity (Wildman–Crippen MR) is 271 cm³/mol. The quantitative estimate of drug-likeness (QED) is 0.0212. The number of benzene rings is 3. The van der Waals surface area contributed by atoms with Gasteiger partial charge in [-0.1, -0.05) is 36.4 Å². The van der Waals surface area contributed by atoms with E-state index in [1.807, 2.05) is 36.4 Å². The van der Waals surface area contributed by atoms with Crippen LogP contribution in [0.1, 0.15) is 80.4 Å². The molecular weight excluding hydrogens is 978 g/mol. The minimum absolute atomic E-state index is 0. The third-order valence-electron chi connectivity index (χ3n) is 11.4. The molecule has 6 aromatic rings.